The fourth-order valence-corrected chi connectivity index (χ4v) is 7.12. The van der Waals surface area contributed by atoms with Gasteiger partial charge in [0.2, 0.25) is 0 Å². The molecule has 0 saturated heterocycles. The molecule has 0 aliphatic heterocycles. The first-order chi connectivity index (χ1) is 33.2. The zero-order valence-corrected chi connectivity index (χ0v) is 37.6. The fraction of sp³-hybridized carbons (Fsp3) is 0.0833. The summed E-state index contributed by atoms with van der Waals surface area (Å²) >= 11 is 2.24. The molecule has 364 valence electrons. The van der Waals surface area contributed by atoms with E-state index in [0.29, 0.717) is 57.7 Å². The van der Waals surface area contributed by atoms with Crippen LogP contribution in [-0.4, -0.2) is 32.2 Å². The maximum absolute atomic E-state index is 13.1. The van der Waals surface area contributed by atoms with Gasteiger partial charge in [0.15, 0.2) is 11.6 Å². The van der Waals surface area contributed by atoms with Crippen LogP contribution in [0.2, 0.25) is 0 Å². The molecular formula is C48H29F12IN8O2. The van der Waals surface area contributed by atoms with Crippen molar-refractivity contribution in [2.45, 2.75) is 24.7 Å². The van der Waals surface area contributed by atoms with Gasteiger partial charge in [-0.2, -0.15) is 62.9 Å². The van der Waals surface area contributed by atoms with Crippen LogP contribution in [0.25, 0.3) is 21.8 Å². The minimum absolute atomic E-state index is 0.00132. The highest BCUT2D eigenvalue weighted by Gasteiger charge is 2.38. The molecule has 0 saturated carbocycles. The Bertz CT molecular complexity index is 3330. The molecule has 2 heterocycles. The number of anilines is 4. The minimum Gasteiger partial charge on any atom is -0.382 e. The summed E-state index contributed by atoms with van der Waals surface area (Å²) in [6.07, 6.45) is -14.9. The first-order valence-electron chi connectivity index (χ1n) is 19.7. The predicted molar refractivity (Wildman–Crippen MR) is 249 cm³/mol. The van der Waals surface area contributed by atoms with Gasteiger partial charge < -0.3 is 22.1 Å². The fourth-order valence-electron chi connectivity index (χ4n) is 6.34. The van der Waals surface area contributed by atoms with Crippen LogP contribution in [0.1, 0.15) is 59.7 Å². The summed E-state index contributed by atoms with van der Waals surface area (Å²) in [5.41, 5.74) is 7.08. The average molecular weight is 1100 g/mol. The van der Waals surface area contributed by atoms with E-state index in [9.17, 15) is 62.3 Å². The topological polar surface area (TPSA) is 168 Å². The molecule has 0 unspecified atom stereocenters. The number of amides is 2. The summed E-state index contributed by atoms with van der Waals surface area (Å²) in [5.74, 6) is 7.10. The predicted octanol–water partition coefficient (Wildman–Crippen LogP) is 12.5. The van der Waals surface area contributed by atoms with Crippen molar-refractivity contribution in [2.75, 3.05) is 22.1 Å². The SMILES string of the molecule is C#Cc1cccc(C(=O)Nc2cc(C(F)(F)F)cc(C(F)(F)F)c2)c1.Nc1n[nH]c2cccc(C#Cc3cccc(C(=O)Nc4cc(C(F)(F)F)cc(C(F)(F)F)c4)c3)c12.Nc1n[nH]c2cccc(I)c12. The van der Waals surface area contributed by atoms with Crippen molar-refractivity contribution >= 4 is 79.2 Å². The van der Waals surface area contributed by atoms with E-state index in [2.05, 4.69) is 66.1 Å². The third-order valence-electron chi connectivity index (χ3n) is 9.63. The van der Waals surface area contributed by atoms with E-state index in [-0.39, 0.29) is 29.1 Å². The van der Waals surface area contributed by atoms with Crippen LogP contribution in [0, 0.1) is 27.8 Å². The first kappa shape index (κ1) is 52.2. The van der Waals surface area contributed by atoms with Gasteiger partial charge in [-0.05, 0) is 120 Å². The molecule has 8 rings (SSSR count). The van der Waals surface area contributed by atoms with Gasteiger partial charge in [0, 0.05) is 42.8 Å². The molecule has 0 bridgehead atoms. The smallest absolute Gasteiger partial charge is 0.382 e. The lowest BCUT2D eigenvalue weighted by molar-refractivity contribution is -0.144. The number of alkyl halides is 12. The van der Waals surface area contributed by atoms with Crippen molar-refractivity contribution in [3.8, 4) is 24.2 Å². The highest BCUT2D eigenvalue weighted by Crippen LogP contribution is 2.39. The maximum atomic E-state index is 13.1. The van der Waals surface area contributed by atoms with Crippen LogP contribution in [0.4, 0.5) is 75.7 Å². The van der Waals surface area contributed by atoms with Crippen molar-refractivity contribution in [1.29, 1.82) is 0 Å². The Hall–Kier alpha value is -8.19. The number of nitrogens with two attached hydrogens (primary N) is 2. The Morgan fingerprint density at radius 3 is 1.35 bits per heavy atom. The monoisotopic (exact) mass is 1100 g/mol. The van der Waals surface area contributed by atoms with Crippen LogP contribution >= 0.6 is 22.6 Å². The summed E-state index contributed by atoms with van der Waals surface area (Å²) in [6, 6.07) is 24.2. The van der Waals surface area contributed by atoms with E-state index in [1.807, 2.05) is 23.5 Å². The first-order valence-corrected chi connectivity index (χ1v) is 20.8. The van der Waals surface area contributed by atoms with E-state index >= 15 is 0 Å². The molecule has 0 aliphatic carbocycles. The Kier molecular flexibility index (Phi) is 15.3. The lowest BCUT2D eigenvalue weighted by atomic mass is 10.1. The lowest BCUT2D eigenvalue weighted by Gasteiger charge is -2.15. The number of nitrogens with zero attached hydrogens (tertiary/aromatic N) is 2. The van der Waals surface area contributed by atoms with Crippen LogP contribution in [-0.2, 0) is 24.7 Å². The number of hydrogen-bond acceptors (Lipinski definition) is 6. The van der Waals surface area contributed by atoms with E-state index in [4.69, 9.17) is 17.9 Å². The molecule has 6 aromatic carbocycles. The van der Waals surface area contributed by atoms with Gasteiger partial charge in [-0.1, -0.05) is 42.0 Å². The van der Waals surface area contributed by atoms with Crippen molar-refractivity contribution in [1.82, 2.24) is 20.4 Å². The van der Waals surface area contributed by atoms with Crippen molar-refractivity contribution in [3.63, 3.8) is 0 Å². The van der Waals surface area contributed by atoms with Gasteiger partial charge in [-0.15, -0.1) is 6.42 Å². The molecule has 2 amide bonds. The van der Waals surface area contributed by atoms with Crippen molar-refractivity contribution < 1.29 is 62.3 Å². The van der Waals surface area contributed by atoms with Gasteiger partial charge in [0.25, 0.3) is 11.8 Å². The van der Waals surface area contributed by atoms with Crippen LogP contribution in [0.5, 0.6) is 0 Å². The number of benzene rings is 6. The number of carbonyl (C=O) groups is 2. The largest absolute Gasteiger partial charge is 0.416 e. The summed E-state index contributed by atoms with van der Waals surface area (Å²) in [4.78, 5) is 24.7. The van der Waals surface area contributed by atoms with Crippen LogP contribution < -0.4 is 22.1 Å². The lowest BCUT2D eigenvalue weighted by Crippen LogP contribution is -2.16. The Labute approximate surface area is 406 Å². The van der Waals surface area contributed by atoms with Crippen molar-refractivity contribution in [2.24, 2.45) is 0 Å². The zero-order chi connectivity index (χ0) is 52.1. The van der Waals surface area contributed by atoms with E-state index in [1.54, 1.807) is 24.3 Å². The van der Waals surface area contributed by atoms with Crippen molar-refractivity contribution in [3.05, 3.63) is 175 Å². The van der Waals surface area contributed by atoms with Gasteiger partial charge in [0.05, 0.1) is 44.1 Å². The summed E-state index contributed by atoms with van der Waals surface area (Å²) in [5, 5.41) is 19.2. The summed E-state index contributed by atoms with van der Waals surface area (Å²) in [7, 11) is 0. The second-order valence-electron chi connectivity index (χ2n) is 14.7. The number of carbonyl (C=O) groups excluding carboxylic acids is 2. The number of hydrogen-bond donors (Lipinski definition) is 6. The summed E-state index contributed by atoms with van der Waals surface area (Å²) < 4.78 is 156. The third-order valence-corrected chi connectivity index (χ3v) is 10.5. The number of aromatic amines is 2. The molecule has 0 spiro atoms. The number of aromatic nitrogens is 4. The molecule has 8 N–H and O–H groups in total. The number of H-pyrrole nitrogens is 2. The molecule has 0 fully saturated rings. The van der Waals surface area contributed by atoms with Gasteiger partial charge in [-0.25, -0.2) is 0 Å². The molecule has 10 nitrogen and oxygen atoms in total. The van der Waals surface area contributed by atoms with Gasteiger partial charge in [-0.3, -0.25) is 19.8 Å². The normalized spacial score (nSPS) is 11.5. The zero-order valence-electron chi connectivity index (χ0n) is 35.4. The van der Waals surface area contributed by atoms with E-state index in [0.717, 1.165) is 14.5 Å². The number of fused-ring (bicyclic) bond motifs is 2. The molecule has 8 aromatic rings. The number of nitrogens with one attached hydrogen (secondary N) is 4. The van der Waals surface area contributed by atoms with Crippen LogP contribution in [0.3, 0.4) is 0 Å². The maximum Gasteiger partial charge on any atom is 0.416 e. The highest BCUT2D eigenvalue weighted by molar-refractivity contribution is 14.1. The molecule has 0 aliphatic rings. The second kappa shape index (κ2) is 20.8. The van der Waals surface area contributed by atoms with E-state index < -0.39 is 70.1 Å². The molecular weight excluding hydrogens is 1080 g/mol. The number of terminal acetylenes is 1. The Morgan fingerprint density at radius 1 is 0.521 bits per heavy atom. The second-order valence-corrected chi connectivity index (χ2v) is 15.8. The summed E-state index contributed by atoms with van der Waals surface area (Å²) in [6.45, 7) is 0. The standard InChI is InChI=1S/C24H14F6N4O.C17H9F6NO.C7H6IN3/c25-23(26,27)16-10-17(24(28,29)30)12-18(11-16)32-22(35)15-5-1-3-13(9-15)7-8-14-4-2-6-19-20(14)21(31)34-33-19;1-2-10-4-3-5-11(6-10)15(25)24-14-8-12(16(18,19)20)7-13(9-14)17(21,22)23;8-4-2-1-3-5-6(4)7(9)11-10-5/h1-6,9-12H,(H,32,35)(H3,31,33,34);1,3-9H,(H,24,25);1-3H,(H3,9,10,11). The quantitative estimate of drug-likeness (QED) is 0.0583. The number of nitrogen functional groups attached to an aromatic ring is 2. The molecule has 71 heavy (non-hydrogen) atoms. The molecule has 0 radical (unpaired) electrons. The number of halogens is 13. The highest BCUT2D eigenvalue weighted by atomic mass is 127. The molecule has 2 aromatic heterocycles. The van der Waals surface area contributed by atoms with Gasteiger partial charge in [0.1, 0.15) is 0 Å². The average Bonchev–Trinajstić information content (AvgIpc) is 3.89. The van der Waals surface area contributed by atoms with Gasteiger partial charge >= 0.3 is 24.7 Å². The van der Waals surface area contributed by atoms with Crippen LogP contribution in [0.15, 0.2) is 121 Å². The van der Waals surface area contributed by atoms with E-state index in [1.165, 1.54) is 42.5 Å². The Morgan fingerprint density at radius 2 is 0.915 bits per heavy atom. The third kappa shape index (κ3) is 13.3. The minimum atomic E-state index is -5.03. The molecule has 0 atom stereocenters. The molecule has 23 heteroatoms. The Balaban J connectivity index is 0.000000198. The number of rotatable bonds is 4.